The number of rotatable bonds is 4. The number of carbonyl (C=O) groups excluding carboxylic acids is 1. The second kappa shape index (κ2) is 7.23. The van der Waals surface area contributed by atoms with Crippen molar-refractivity contribution in [2.45, 2.75) is 30.8 Å². The van der Waals surface area contributed by atoms with Crippen LogP contribution in [0.5, 0.6) is 11.5 Å². The van der Waals surface area contributed by atoms with Gasteiger partial charge in [-0.05, 0) is 48.7 Å². The van der Waals surface area contributed by atoms with Gasteiger partial charge in [-0.1, -0.05) is 12.1 Å². The molecule has 0 bridgehead atoms. The second-order valence-corrected chi connectivity index (χ2v) is 9.50. The van der Waals surface area contributed by atoms with Crippen molar-refractivity contribution < 1.29 is 22.7 Å². The molecule has 0 fully saturated rings. The minimum Gasteiger partial charge on any atom is -0.454 e. The van der Waals surface area contributed by atoms with Gasteiger partial charge >= 0.3 is 6.03 Å². The second-order valence-electron chi connectivity index (χ2n) is 7.35. The number of nitrogens with one attached hydrogen (secondary N) is 1. The molecule has 0 radical (unpaired) electrons. The Morgan fingerprint density at radius 2 is 1.93 bits per heavy atom. The van der Waals surface area contributed by atoms with Crippen LogP contribution in [0.3, 0.4) is 0 Å². The highest BCUT2D eigenvalue weighted by atomic mass is 32.2. The number of carbonyl (C=O) groups is 1. The van der Waals surface area contributed by atoms with Crippen molar-refractivity contribution in [1.29, 1.82) is 0 Å². The molecule has 0 aliphatic carbocycles. The summed E-state index contributed by atoms with van der Waals surface area (Å²) >= 11 is 0. The SMILES string of the molecule is CC1Cc2ccc(S(=O)(=O)N(C)C)cc2N1C(=O)NCc1ccc2c(c1)OCO2. The number of sulfonamides is 1. The van der Waals surface area contributed by atoms with Crippen molar-refractivity contribution in [3.63, 3.8) is 0 Å². The molecule has 29 heavy (non-hydrogen) atoms. The van der Waals surface area contributed by atoms with E-state index in [1.165, 1.54) is 14.1 Å². The van der Waals surface area contributed by atoms with E-state index in [0.29, 0.717) is 30.2 Å². The maximum Gasteiger partial charge on any atom is 0.322 e. The predicted octanol–water partition coefficient (Wildman–Crippen LogP) is 2.33. The van der Waals surface area contributed by atoms with Gasteiger partial charge in [-0.2, -0.15) is 0 Å². The molecule has 154 valence electrons. The maximum absolute atomic E-state index is 12.9. The Morgan fingerprint density at radius 1 is 1.17 bits per heavy atom. The van der Waals surface area contributed by atoms with E-state index in [2.05, 4.69) is 5.32 Å². The Bertz CT molecular complexity index is 1070. The lowest BCUT2D eigenvalue weighted by Crippen LogP contribution is -2.43. The van der Waals surface area contributed by atoms with Gasteiger partial charge in [-0.3, -0.25) is 4.90 Å². The van der Waals surface area contributed by atoms with Gasteiger partial charge in [0.05, 0.1) is 10.6 Å². The Labute approximate surface area is 170 Å². The summed E-state index contributed by atoms with van der Waals surface area (Å²) in [5.41, 5.74) is 2.47. The Kier molecular flexibility index (Phi) is 4.87. The summed E-state index contributed by atoms with van der Waals surface area (Å²) in [5, 5.41) is 2.92. The van der Waals surface area contributed by atoms with E-state index < -0.39 is 10.0 Å². The van der Waals surface area contributed by atoms with Crippen LogP contribution in [0, 0.1) is 0 Å². The molecule has 4 rings (SSSR count). The number of fused-ring (bicyclic) bond motifs is 2. The Morgan fingerprint density at radius 3 is 2.69 bits per heavy atom. The van der Waals surface area contributed by atoms with Crippen LogP contribution in [0.15, 0.2) is 41.3 Å². The van der Waals surface area contributed by atoms with E-state index in [-0.39, 0.29) is 23.8 Å². The fraction of sp³-hybridized carbons (Fsp3) is 0.350. The van der Waals surface area contributed by atoms with Crippen LogP contribution in [-0.2, 0) is 23.0 Å². The fourth-order valence-corrected chi connectivity index (χ4v) is 4.50. The van der Waals surface area contributed by atoms with Crippen molar-refractivity contribution in [2.24, 2.45) is 0 Å². The van der Waals surface area contributed by atoms with Gasteiger partial charge in [0.15, 0.2) is 11.5 Å². The van der Waals surface area contributed by atoms with E-state index in [9.17, 15) is 13.2 Å². The van der Waals surface area contributed by atoms with Crippen LogP contribution in [0.2, 0.25) is 0 Å². The number of hydrogen-bond donors (Lipinski definition) is 1. The van der Waals surface area contributed by atoms with Gasteiger partial charge in [-0.25, -0.2) is 17.5 Å². The molecule has 0 saturated carbocycles. The zero-order chi connectivity index (χ0) is 20.8. The van der Waals surface area contributed by atoms with E-state index in [0.717, 1.165) is 15.4 Å². The molecular weight excluding hydrogens is 394 g/mol. The van der Waals surface area contributed by atoms with Crippen LogP contribution >= 0.6 is 0 Å². The van der Waals surface area contributed by atoms with Gasteiger partial charge in [0.2, 0.25) is 16.8 Å². The van der Waals surface area contributed by atoms with Crippen LogP contribution in [0.4, 0.5) is 10.5 Å². The van der Waals surface area contributed by atoms with Gasteiger partial charge in [0, 0.05) is 26.7 Å². The van der Waals surface area contributed by atoms with Crippen LogP contribution in [-0.4, -0.2) is 45.7 Å². The highest BCUT2D eigenvalue weighted by Crippen LogP contribution is 2.35. The molecule has 0 saturated heterocycles. The van der Waals surface area contributed by atoms with Crippen molar-refractivity contribution in [2.75, 3.05) is 25.8 Å². The molecule has 9 heteroatoms. The maximum atomic E-state index is 12.9. The molecule has 1 unspecified atom stereocenters. The quantitative estimate of drug-likeness (QED) is 0.825. The van der Waals surface area contributed by atoms with E-state index in [4.69, 9.17) is 9.47 Å². The zero-order valence-electron chi connectivity index (χ0n) is 16.5. The molecule has 2 aromatic rings. The monoisotopic (exact) mass is 417 g/mol. The third-order valence-electron chi connectivity index (χ3n) is 5.15. The number of anilines is 1. The topological polar surface area (TPSA) is 88.2 Å². The molecule has 2 aliphatic heterocycles. The summed E-state index contributed by atoms with van der Waals surface area (Å²) in [6.07, 6.45) is 0.676. The van der Waals surface area contributed by atoms with Crippen molar-refractivity contribution >= 4 is 21.7 Å². The number of urea groups is 1. The Hall–Kier alpha value is -2.78. The van der Waals surface area contributed by atoms with Gasteiger partial charge in [0.1, 0.15) is 0 Å². The molecule has 0 spiro atoms. The number of benzene rings is 2. The van der Waals surface area contributed by atoms with E-state index in [1.807, 2.05) is 25.1 Å². The lowest BCUT2D eigenvalue weighted by Gasteiger charge is -2.24. The predicted molar refractivity (Wildman–Crippen MR) is 108 cm³/mol. The molecular formula is C20H23N3O5S. The zero-order valence-corrected chi connectivity index (χ0v) is 17.3. The van der Waals surface area contributed by atoms with Crippen molar-refractivity contribution in [1.82, 2.24) is 9.62 Å². The summed E-state index contributed by atoms with van der Waals surface area (Å²) in [5.74, 6) is 1.35. The summed E-state index contributed by atoms with van der Waals surface area (Å²) < 4.78 is 36.8. The smallest absolute Gasteiger partial charge is 0.322 e. The van der Waals surface area contributed by atoms with Crippen molar-refractivity contribution in [3.8, 4) is 11.5 Å². The standard InChI is InChI=1S/C20H23N3O5S/c1-13-8-15-5-6-16(29(25,26)22(2)3)10-17(15)23(13)20(24)21-11-14-4-7-18-19(9-14)28-12-27-18/h4-7,9-10,13H,8,11-12H2,1-3H3,(H,21,24). The third-order valence-corrected chi connectivity index (χ3v) is 6.96. The molecule has 0 aromatic heterocycles. The Balaban J connectivity index is 1.54. The molecule has 2 aromatic carbocycles. The first-order chi connectivity index (χ1) is 13.8. The molecule has 2 aliphatic rings. The van der Waals surface area contributed by atoms with Crippen LogP contribution in [0.25, 0.3) is 0 Å². The normalized spacial score (nSPS) is 17.5. The number of amides is 2. The molecule has 1 atom stereocenters. The van der Waals surface area contributed by atoms with E-state index in [1.54, 1.807) is 23.1 Å². The van der Waals surface area contributed by atoms with Crippen molar-refractivity contribution in [3.05, 3.63) is 47.5 Å². The van der Waals surface area contributed by atoms with Gasteiger partial charge in [-0.15, -0.1) is 0 Å². The average Bonchev–Trinajstić information content (AvgIpc) is 3.28. The first kappa shape index (κ1) is 19.5. The molecule has 8 nitrogen and oxygen atoms in total. The lowest BCUT2D eigenvalue weighted by molar-refractivity contribution is 0.174. The number of hydrogen-bond acceptors (Lipinski definition) is 5. The number of ether oxygens (including phenoxy) is 2. The fourth-order valence-electron chi connectivity index (χ4n) is 3.58. The minimum absolute atomic E-state index is 0.0703. The highest BCUT2D eigenvalue weighted by molar-refractivity contribution is 7.89. The summed E-state index contributed by atoms with van der Waals surface area (Å²) in [7, 11) is -0.603. The highest BCUT2D eigenvalue weighted by Gasteiger charge is 2.32. The summed E-state index contributed by atoms with van der Waals surface area (Å²) in [4.78, 5) is 14.7. The summed E-state index contributed by atoms with van der Waals surface area (Å²) in [6, 6.07) is 10.1. The first-order valence-corrected chi connectivity index (χ1v) is 10.7. The lowest BCUT2D eigenvalue weighted by atomic mass is 10.1. The van der Waals surface area contributed by atoms with Gasteiger partial charge < -0.3 is 14.8 Å². The number of nitrogens with zero attached hydrogens (tertiary/aromatic N) is 2. The van der Waals surface area contributed by atoms with Gasteiger partial charge in [0.25, 0.3) is 0 Å². The van der Waals surface area contributed by atoms with Crippen LogP contribution in [0.1, 0.15) is 18.1 Å². The molecule has 2 amide bonds. The molecule has 2 heterocycles. The minimum atomic E-state index is -3.58. The summed E-state index contributed by atoms with van der Waals surface area (Å²) in [6.45, 7) is 2.47. The average molecular weight is 417 g/mol. The van der Waals surface area contributed by atoms with E-state index >= 15 is 0 Å². The van der Waals surface area contributed by atoms with Crippen LogP contribution < -0.4 is 19.7 Å². The largest absolute Gasteiger partial charge is 0.454 e. The first-order valence-electron chi connectivity index (χ1n) is 9.28. The molecule has 1 N–H and O–H groups in total. The third kappa shape index (κ3) is 3.51.